The first-order valence-electron chi connectivity index (χ1n) is 7.69. The van der Waals surface area contributed by atoms with Crippen LogP contribution >= 0.6 is 11.3 Å². The van der Waals surface area contributed by atoms with Crippen molar-refractivity contribution in [1.29, 1.82) is 0 Å². The van der Waals surface area contributed by atoms with Gasteiger partial charge in [0.1, 0.15) is 0 Å². The zero-order chi connectivity index (χ0) is 15.5. The number of nitrogens with one attached hydrogen (secondary N) is 1. The summed E-state index contributed by atoms with van der Waals surface area (Å²) in [5, 5.41) is 2.64. The first-order valence-corrected chi connectivity index (χ1v) is 8.50. The van der Waals surface area contributed by atoms with E-state index in [9.17, 15) is 13.2 Å². The molecule has 0 radical (unpaired) electrons. The number of halogens is 3. The summed E-state index contributed by atoms with van der Waals surface area (Å²) >= 11 is 0.832. The summed E-state index contributed by atoms with van der Waals surface area (Å²) in [5.41, 5.74) is 0. The van der Waals surface area contributed by atoms with Gasteiger partial charge in [-0.15, -0.1) is 11.3 Å². The number of nitrogens with zero attached hydrogens (tertiary/aromatic N) is 1. The van der Waals surface area contributed by atoms with Gasteiger partial charge in [0.15, 0.2) is 5.01 Å². The van der Waals surface area contributed by atoms with E-state index in [4.69, 9.17) is 0 Å². The summed E-state index contributed by atoms with van der Waals surface area (Å²) in [6, 6.07) is 0. The van der Waals surface area contributed by atoms with Crippen molar-refractivity contribution in [2.75, 3.05) is 13.1 Å². The van der Waals surface area contributed by atoms with Crippen LogP contribution in [0.5, 0.6) is 0 Å². The Morgan fingerprint density at radius 1 is 1.33 bits per heavy atom. The van der Waals surface area contributed by atoms with Gasteiger partial charge in [0, 0.05) is 11.1 Å². The first kappa shape index (κ1) is 16.7. The highest BCUT2D eigenvalue weighted by molar-refractivity contribution is 7.11. The molecule has 120 valence electrons. The third-order valence-electron chi connectivity index (χ3n) is 4.47. The zero-order valence-corrected chi connectivity index (χ0v) is 13.4. The summed E-state index contributed by atoms with van der Waals surface area (Å²) in [5.74, 6) is 1.27. The van der Waals surface area contributed by atoms with E-state index < -0.39 is 11.2 Å². The van der Waals surface area contributed by atoms with Crippen molar-refractivity contribution in [3.8, 4) is 0 Å². The van der Waals surface area contributed by atoms with Crippen LogP contribution in [-0.2, 0) is 6.18 Å². The van der Waals surface area contributed by atoms with Gasteiger partial charge in [0.2, 0.25) is 0 Å². The lowest BCUT2D eigenvalue weighted by molar-refractivity contribution is -0.137. The molecule has 1 aromatic rings. The monoisotopic (exact) mass is 320 g/mol. The quantitative estimate of drug-likeness (QED) is 0.852. The molecule has 3 atom stereocenters. The number of alkyl halides is 3. The average Bonchev–Trinajstić information content (AvgIpc) is 2.94. The topological polar surface area (TPSA) is 24.9 Å². The van der Waals surface area contributed by atoms with E-state index in [1.54, 1.807) is 0 Å². The Balaban J connectivity index is 2.16. The minimum absolute atomic E-state index is 0.219. The van der Waals surface area contributed by atoms with Crippen molar-refractivity contribution in [2.45, 2.75) is 51.6 Å². The Bertz CT molecular complexity index is 444. The largest absolute Gasteiger partial charge is 0.443 e. The summed E-state index contributed by atoms with van der Waals surface area (Å²) in [4.78, 5) is 4.41. The Morgan fingerprint density at radius 2 is 2.10 bits per heavy atom. The maximum Gasteiger partial charge on any atom is 0.443 e. The van der Waals surface area contributed by atoms with Gasteiger partial charge in [-0.2, -0.15) is 13.2 Å². The fourth-order valence-electron chi connectivity index (χ4n) is 3.20. The number of hydrogen-bond acceptors (Lipinski definition) is 3. The summed E-state index contributed by atoms with van der Waals surface area (Å²) in [6.07, 6.45) is 1.51. The molecular weight excluding hydrogens is 297 g/mol. The van der Waals surface area contributed by atoms with Gasteiger partial charge < -0.3 is 5.32 Å². The molecule has 1 aromatic heterocycles. The minimum atomic E-state index is -4.32. The van der Waals surface area contributed by atoms with Crippen molar-refractivity contribution in [3.05, 3.63) is 16.1 Å². The van der Waals surface area contributed by atoms with Crippen molar-refractivity contribution >= 4 is 11.3 Å². The van der Waals surface area contributed by atoms with Gasteiger partial charge in [-0.3, -0.25) is 0 Å². The molecule has 21 heavy (non-hydrogen) atoms. The van der Waals surface area contributed by atoms with Crippen LogP contribution in [0.25, 0.3) is 0 Å². The second-order valence-corrected chi connectivity index (χ2v) is 6.89. The predicted octanol–water partition coefficient (Wildman–Crippen LogP) is 4.68. The van der Waals surface area contributed by atoms with E-state index in [0.29, 0.717) is 11.8 Å². The van der Waals surface area contributed by atoms with E-state index in [2.05, 4.69) is 24.1 Å². The molecule has 0 aromatic carbocycles. The SMILES string of the molecule is CCNCC1CCC(CC)CC1c1cnc(C(F)(F)F)s1. The molecular formula is C15H23F3N2S. The molecule has 2 rings (SSSR count). The van der Waals surface area contributed by atoms with Gasteiger partial charge in [-0.05, 0) is 43.7 Å². The number of rotatable bonds is 5. The van der Waals surface area contributed by atoms with Crippen molar-refractivity contribution in [2.24, 2.45) is 11.8 Å². The molecule has 6 heteroatoms. The summed E-state index contributed by atoms with van der Waals surface area (Å²) in [6.45, 7) is 6.01. The zero-order valence-electron chi connectivity index (χ0n) is 12.5. The third-order valence-corrected chi connectivity index (χ3v) is 5.64. The van der Waals surface area contributed by atoms with Gasteiger partial charge in [0.25, 0.3) is 0 Å². The molecule has 1 aliphatic carbocycles. The lowest BCUT2D eigenvalue weighted by Crippen LogP contribution is -2.31. The van der Waals surface area contributed by atoms with Crippen LogP contribution in [0.3, 0.4) is 0 Å². The normalized spacial score (nSPS) is 27.0. The molecule has 1 heterocycles. The number of aromatic nitrogens is 1. The number of thiazole rings is 1. The Kier molecular flexibility index (Phi) is 5.66. The highest BCUT2D eigenvalue weighted by Crippen LogP contribution is 2.44. The van der Waals surface area contributed by atoms with Gasteiger partial charge in [-0.1, -0.05) is 26.7 Å². The van der Waals surface area contributed by atoms with Crippen molar-refractivity contribution in [1.82, 2.24) is 10.3 Å². The highest BCUT2D eigenvalue weighted by atomic mass is 32.1. The predicted molar refractivity (Wildman–Crippen MR) is 79.5 cm³/mol. The van der Waals surface area contributed by atoms with Crippen LogP contribution in [-0.4, -0.2) is 18.1 Å². The lowest BCUT2D eigenvalue weighted by atomic mass is 9.72. The second-order valence-electron chi connectivity index (χ2n) is 5.83. The van der Waals surface area contributed by atoms with Crippen LogP contribution in [0.15, 0.2) is 6.20 Å². The number of hydrogen-bond donors (Lipinski definition) is 1. The lowest BCUT2D eigenvalue weighted by Gasteiger charge is -2.35. The molecule has 1 aliphatic rings. The Hall–Kier alpha value is -0.620. The van der Waals surface area contributed by atoms with Crippen LogP contribution in [0.4, 0.5) is 13.2 Å². The molecule has 0 saturated heterocycles. The fraction of sp³-hybridized carbons (Fsp3) is 0.800. The van der Waals surface area contributed by atoms with E-state index >= 15 is 0 Å². The van der Waals surface area contributed by atoms with Crippen LogP contribution < -0.4 is 5.32 Å². The maximum atomic E-state index is 12.7. The van der Waals surface area contributed by atoms with E-state index in [1.807, 2.05) is 0 Å². The Labute approximate surface area is 128 Å². The smallest absolute Gasteiger partial charge is 0.317 e. The van der Waals surface area contributed by atoms with Crippen LogP contribution in [0.1, 0.15) is 55.3 Å². The molecule has 0 bridgehead atoms. The summed E-state index contributed by atoms with van der Waals surface area (Å²) < 4.78 is 38.2. The molecule has 1 fully saturated rings. The molecule has 1 N–H and O–H groups in total. The van der Waals surface area contributed by atoms with Gasteiger partial charge in [-0.25, -0.2) is 4.98 Å². The minimum Gasteiger partial charge on any atom is -0.317 e. The standard InChI is InChI=1S/C15H23F3N2S/c1-3-10-5-6-11(8-19-4-2)12(7-10)13-9-20-14(21-13)15(16,17)18/h9-12,19H,3-8H2,1-2H3. The highest BCUT2D eigenvalue weighted by Gasteiger charge is 2.37. The Morgan fingerprint density at radius 3 is 2.67 bits per heavy atom. The van der Waals surface area contributed by atoms with Crippen molar-refractivity contribution < 1.29 is 13.2 Å². The molecule has 0 spiro atoms. The molecule has 1 saturated carbocycles. The molecule has 3 unspecified atom stereocenters. The van der Waals surface area contributed by atoms with E-state index in [1.165, 1.54) is 12.6 Å². The van der Waals surface area contributed by atoms with Crippen LogP contribution in [0.2, 0.25) is 0 Å². The van der Waals surface area contributed by atoms with Gasteiger partial charge in [0.05, 0.1) is 0 Å². The third kappa shape index (κ3) is 4.19. The fourth-order valence-corrected chi connectivity index (χ4v) is 4.19. The van der Waals surface area contributed by atoms with Gasteiger partial charge >= 0.3 is 6.18 Å². The van der Waals surface area contributed by atoms with Crippen LogP contribution in [0, 0.1) is 11.8 Å². The molecule has 0 amide bonds. The second kappa shape index (κ2) is 7.09. The molecule has 2 nitrogen and oxygen atoms in total. The molecule has 0 aliphatic heterocycles. The maximum absolute atomic E-state index is 12.7. The van der Waals surface area contributed by atoms with E-state index in [0.717, 1.165) is 48.6 Å². The average molecular weight is 320 g/mol. The summed E-state index contributed by atoms with van der Waals surface area (Å²) in [7, 11) is 0. The van der Waals surface area contributed by atoms with Crippen molar-refractivity contribution in [3.63, 3.8) is 0 Å². The van der Waals surface area contributed by atoms with E-state index in [-0.39, 0.29) is 5.92 Å². The first-order chi connectivity index (χ1) is 9.95.